The van der Waals surface area contributed by atoms with Crippen LogP contribution in [-0.4, -0.2) is 65.0 Å². The first kappa shape index (κ1) is 18.5. The molecule has 1 fully saturated rings. The number of aromatic amines is 1. The number of para-hydroxylation sites is 3. The lowest BCUT2D eigenvalue weighted by atomic mass is 10.2. The van der Waals surface area contributed by atoms with Crippen LogP contribution >= 0.6 is 0 Å². The number of amides is 1. The summed E-state index contributed by atoms with van der Waals surface area (Å²) in [6.07, 6.45) is 1.15. The lowest BCUT2D eigenvalue weighted by molar-refractivity contribution is -0.132. The Bertz CT molecular complexity index is 868. The topological polar surface area (TPSA) is 61.5 Å². The molecule has 146 valence electrons. The third kappa shape index (κ3) is 4.70. The molecule has 0 unspecified atom stereocenters. The Balaban J connectivity index is 1.17. The number of carbonyl (C=O) groups excluding carboxylic acids is 1. The Hall–Kier alpha value is -2.86. The van der Waals surface area contributed by atoms with E-state index in [2.05, 4.69) is 14.9 Å². The maximum atomic E-state index is 12.5. The van der Waals surface area contributed by atoms with Crippen LogP contribution in [0.3, 0.4) is 0 Å². The molecule has 0 atom stereocenters. The molecule has 2 heterocycles. The summed E-state index contributed by atoms with van der Waals surface area (Å²) in [6, 6.07) is 17.8. The van der Waals surface area contributed by atoms with E-state index in [1.165, 1.54) is 0 Å². The van der Waals surface area contributed by atoms with Crippen LogP contribution in [-0.2, 0) is 11.2 Å². The fourth-order valence-corrected chi connectivity index (χ4v) is 3.54. The predicted molar refractivity (Wildman–Crippen MR) is 109 cm³/mol. The first-order chi connectivity index (χ1) is 13.8. The molecule has 1 saturated heterocycles. The van der Waals surface area contributed by atoms with Gasteiger partial charge >= 0.3 is 0 Å². The summed E-state index contributed by atoms with van der Waals surface area (Å²) in [4.78, 5) is 24.7. The van der Waals surface area contributed by atoms with Crippen LogP contribution in [0.5, 0.6) is 5.75 Å². The van der Waals surface area contributed by atoms with Crippen LogP contribution in [0.25, 0.3) is 11.0 Å². The van der Waals surface area contributed by atoms with Gasteiger partial charge in [0.1, 0.15) is 18.2 Å². The summed E-state index contributed by atoms with van der Waals surface area (Å²) in [5.74, 6) is 1.99. The molecule has 1 aliphatic heterocycles. The van der Waals surface area contributed by atoms with Crippen molar-refractivity contribution in [2.75, 3.05) is 39.3 Å². The maximum Gasteiger partial charge on any atom is 0.223 e. The molecule has 6 heteroatoms. The lowest BCUT2D eigenvalue weighted by Crippen LogP contribution is -2.49. The molecule has 28 heavy (non-hydrogen) atoms. The van der Waals surface area contributed by atoms with Gasteiger partial charge in [0.25, 0.3) is 0 Å². The number of nitrogens with zero attached hydrogens (tertiary/aromatic N) is 3. The molecule has 0 radical (unpaired) electrons. The first-order valence-corrected chi connectivity index (χ1v) is 9.89. The zero-order valence-electron chi connectivity index (χ0n) is 16.0. The molecule has 0 saturated carbocycles. The standard InChI is InChI=1S/C22H26N4O2/c27-22(11-10-21-23-19-8-4-5-9-20(19)24-21)26-14-12-25(13-15-26)16-17-28-18-6-2-1-3-7-18/h1-9H,10-17H2,(H,23,24). The highest BCUT2D eigenvalue weighted by atomic mass is 16.5. The molecular formula is C22H26N4O2. The van der Waals surface area contributed by atoms with Gasteiger partial charge in [-0.1, -0.05) is 30.3 Å². The average Bonchev–Trinajstić information content (AvgIpc) is 3.16. The number of aromatic nitrogens is 2. The van der Waals surface area contributed by atoms with Crippen LogP contribution in [0.2, 0.25) is 0 Å². The smallest absolute Gasteiger partial charge is 0.223 e. The molecule has 1 aliphatic rings. The second-order valence-corrected chi connectivity index (χ2v) is 7.08. The fraction of sp³-hybridized carbons (Fsp3) is 0.364. The average molecular weight is 378 g/mol. The highest BCUT2D eigenvalue weighted by Crippen LogP contribution is 2.13. The van der Waals surface area contributed by atoms with Gasteiger partial charge < -0.3 is 14.6 Å². The largest absolute Gasteiger partial charge is 0.492 e. The van der Waals surface area contributed by atoms with Gasteiger partial charge in [0.05, 0.1) is 11.0 Å². The van der Waals surface area contributed by atoms with Crippen molar-refractivity contribution >= 4 is 16.9 Å². The van der Waals surface area contributed by atoms with Crippen LogP contribution in [0.1, 0.15) is 12.2 Å². The minimum absolute atomic E-state index is 0.209. The highest BCUT2D eigenvalue weighted by Gasteiger charge is 2.21. The second kappa shape index (κ2) is 8.89. The van der Waals surface area contributed by atoms with E-state index in [4.69, 9.17) is 4.74 Å². The number of imidazole rings is 1. The lowest BCUT2D eigenvalue weighted by Gasteiger charge is -2.34. The van der Waals surface area contributed by atoms with Crippen LogP contribution in [0, 0.1) is 0 Å². The number of benzene rings is 2. The van der Waals surface area contributed by atoms with Crippen molar-refractivity contribution in [3.8, 4) is 5.75 Å². The summed E-state index contributed by atoms with van der Waals surface area (Å²) in [7, 11) is 0. The molecule has 3 aromatic rings. The molecule has 0 aliphatic carbocycles. The second-order valence-electron chi connectivity index (χ2n) is 7.08. The van der Waals surface area contributed by atoms with E-state index < -0.39 is 0 Å². The molecule has 1 amide bonds. The Morgan fingerprint density at radius 2 is 1.75 bits per heavy atom. The van der Waals surface area contributed by atoms with Gasteiger partial charge in [-0.25, -0.2) is 4.98 Å². The van der Waals surface area contributed by atoms with Gasteiger partial charge in [-0.15, -0.1) is 0 Å². The van der Waals surface area contributed by atoms with Crippen molar-refractivity contribution in [3.05, 3.63) is 60.4 Å². The molecule has 6 nitrogen and oxygen atoms in total. The number of ether oxygens (including phenoxy) is 1. The van der Waals surface area contributed by atoms with Crippen molar-refractivity contribution in [1.29, 1.82) is 0 Å². The quantitative estimate of drug-likeness (QED) is 0.687. The third-order valence-electron chi connectivity index (χ3n) is 5.16. The molecule has 1 aromatic heterocycles. The van der Waals surface area contributed by atoms with E-state index in [1.807, 2.05) is 59.5 Å². The van der Waals surface area contributed by atoms with Gasteiger partial charge in [0.15, 0.2) is 0 Å². The van der Waals surface area contributed by atoms with E-state index >= 15 is 0 Å². The van der Waals surface area contributed by atoms with Crippen molar-refractivity contribution in [2.24, 2.45) is 0 Å². The molecule has 0 spiro atoms. The number of H-pyrrole nitrogens is 1. The minimum Gasteiger partial charge on any atom is -0.492 e. The summed E-state index contributed by atoms with van der Waals surface area (Å²) < 4.78 is 5.76. The number of hydrogen-bond donors (Lipinski definition) is 1. The Kier molecular flexibility index (Phi) is 5.87. The van der Waals surface area contributed by atoms with Crippen LogP contribution in [0.15, 0.2) is 54.6 Å². The van der Waals surface area contributed by atoms with Crippen LogP contribution < -0.4 is 4.74 Å². The SMILES string of the molecule is O=C(CCc1nc2ccccc2[nH]1)N1CCN(CCOc2ccccc2)CC1. The summed E-state index contributed by atoms with van der Waals surface area (Å²) >= 11 is 0. The van der Waals surface area contributed by atoms with Gasteiger partial charge in [-0.3, -0.25) is 9.69 Å². The van der Waals surface area contributed by atoms with Crippen molar-refractivity contribution < 1.29 is 9.53 Å². The molecule has 1 N–H and O–H groups in total. The van der Waals surface area contributed by atoms with Gasteiger partial charge in [-0.05, 0) is 24.3 Å². The fourth-order valence-electron chi connectivity index (χ4n) is 3.54. The number of aryl methyl sites for hydroxylation is 1. The number of carbonyl (C=O) groups is 1. The zero-order chi connectivity index (χ0) is 19.2. The zero-order valence-corrected chi connectivity index (χ0v) is 16.0. The first-order valence-electron chi connectivity index (χ1n) is 9.89. The Labute approximate surface area is 165 Å². The number of hydrogen-bond acceptors (Lipinski definition) is 4. The predicted octanol–water partition coefficient (Wildman–Crippen LogP) is 2.72. The van der Waals surface area contributed by atoms with E-state index in [-0.39, 0.29) is 5.91 Å². The third-order valence-corrected chi connectivity index (χ3v) is 5.16. The van der Waals surface area contributed by atoms with Crippen molar-refractivity contribution in [2.45, 2.75) is 12.8 Å². The molecule has 0 bridgehead atoms. The van der Waals surface area contributed by atoms with E-state index in [0.29, 0.717) is 19.4 Å². The van der Waals surface area contributed by atoms with E-state index in [1.54, 1.807) is 0 Å². The van der Waals surface area contributed by atoms with Gasteiger partial charge in [0.2, 0.25) is 5.91 Å². The Morgan fingerprint density at radius 3 is 2.54 bits per heavy atom. The van der Waals surface area contributed by atoms with E-state index in [0.717, 1.165) is 55.3 Å². The number of rotatable bonds is 7. The highest BCUT2D eigenvalue weighted by molar-refractivity contribution is 5.77. The Morgan fingerprint density at radius 1 is 1.00 bits per heavy atom. The monoisotopic (exact) mass is 378 g/mol. The van der Waals surface area contributed by atoms with Crippen molar-refractivity contribution in [3.63, 3.8) is 0 Å². The summed E-state index contributed by atoms with van der Waals surface area (Å²) in [5.41, 5.74) is 1.98. The molecular weight excluding hydrogens is 352 g/mol. The normalized spacial score (nSPS) is 15.1. The van der Waals surface area contributed by atoms with E-state index in [9.17, 15) is 4.79 Å². The summed E-state index contributed by atoms with van der Waals surface area (Å²) in [5, 5.41) is 0. The van der Waals surface area contributed by atoms with Crippen LogP contribution in [0.4, 0.5) is 0 Å². The number of piperazine rings is 1. The molecule has 4 rings (SSSR count). The maximum absolute atomic E-state index is 12.5. The van der Waals surface area contributed by atoms with Crippen molar-refractivity contribution in [1.82, 2.24) is 19.8 Å². The number of nitrogens with one attached hydrogen (secondary N) is 1. The summed E-state index contributed by atoms with van der Waals surface area (Å²) in [6.45, 7) is 4.91. The van der Waals surface area contributed by atoms with Gasteiger partial charge in [-0.2, -0.15) is 0 Å². The minimum atomic E-state index is 0.209. The van der Waals surface area contributed by atoms with Gasteiger partial charge in [0, 0.05) is 45.6 Å². The number of fused-ring (bicyclic) bond motifs is 1. The molecule has 2 aromatic carbocycles.